The van der Waals surface area contributed by atoms with E-state index in [4.69, 9.17) is 0 Å². The van der Waals surface area contributed by atoms with Gasteiger partial charge in [0.25, 0.3) is 5.91 Å². The predicted octanol–water partition coefficient (Wildman–Crippen LogP) is 2.30. The number of hydrogen-bond donors (Lipinski definition) is 1. The van der Waals surface area contributed by atoms with Gasteiger partial charge in [0.1, 0.15) is 6.54 Å². The first kappa shape index (κ1) is 15.1. The van der Waals surface area contributed by atoms with E-state index >= 15 is 0 Å². The summed E-state index contributed by atoms with van der Waals surface area (Å²) in [7, 11) is 0. The van der Waals surface area contributed by atoms with E-state index in [1.165, 1.54) is 0 Å². The Bertz CT molecular complexity index is 616. The molecule has 0 aliphatic rings. The van der Waals surface area contributed by atoms with Crippen LogP contribution in [0.25, 0.3) is 0 Å². The number of alkyl halides is 3. The van der Waals surface area contributed by atoms with Gasteiger partial charge >= 0.3 is 6.18 Å². The number of nitrogens with zero attached hydrogens (tertiary/aromatic N) is 4. The number of amides is 1. The number of aromatic nitrogens is 4. The summed E-state index contributed by atoms with van der Waals surface area (Å²) in [6.45, 7) is 1.47. The maximum absolute atomic E-state index is 12.2. The van der Waals surface area contributed by atoms with Crippen molar-refractivity contribution in [1.82, 2.24) is 19.6 Å². The van der Waals surface area contributed by atoms with Gasteiger partial charge in [-0.2, -0.15) is 23.4 Å². The van der Waals surface area contributed by atoms with Gasteiger partial charge in [-0.05, 0) is 12.5 Å². The van der Waals surface area contributed by atoms with Crippen LogP contribution in [0.1, 0.15) is 23.8 Å². The van der Waals surface area contributed by atoms with Gasteiger partial charge < -0.3 is 5.32 Å². The molecule has 0 radical (unpaired) electrons. The maximum atomic E-state index is 12.2. The summed E-state index contributed by atoms with van der Waals surface area (Å²) in [6.07, 6.45) is 0.478. The molecule has 0 aliphatic heterocycles. The third-order valence-corrected chi connectivity index (χ3v) is 2.56. The van der Waals surface area contributed by atoms with Crippen LogP contribution in [-0.4, -0.2) is 31.6 Å². The molecule has 1 amide bonds. The van der Waals surface area contributed by atoms with E-state index in [1.54, 1.807) is 16.9 Å². The Morgan fingerprint density at radius 2 is 2.14 bits per heavy atom. The Morgan fingerprint density at radius 3 is 2.81 bits per heavy atom. The van der Waals surface area contributed by atoms with E-state index in [0.717, 1.165) is 18.8 Å². The molecular formula is C12H14F3N5O. The summed E-state index contributed by atoms with van der Waals surface area (Å²) in [5.74, 6) is -0.489. The normalized spacial score (nSPS) is 11.6. The first-order chi connectivity index (χ1) is 9.87. The highest BCUT2D eigenvalue weighted by Crippen LogP contribution is 2.18. The fourth-order valence-electron chi connectivity index (χ4n) is 1.73. The van der Waals surface area contributed by atoms with Crippen LogP contribution in [0, 0.1) is 0 Å². The van der Waals surface area contributed by atoms with Gasteiger partial charge in [0.05, 0.1) is 11.9 Å². The molecule has 0 spiro atoms. The number of carbonyl (C=O) groups is 1. The molecule has 1 N–H and O–H groups in total. The Kier molecular flexibility index (Phi) is 4.29. The zero-order valence-corrected chi connectivity index (χ0v) is 11.3. The van der Waals surface area contributed by atoms with E-state index < -0.39 is 18.6 Å². The summed E-state index contributed by atoms with van der Waals surface area (Å²) in [6, 6.07) is 1.55. The fraction of sp³-hybridized carbons (Fsp3) is 0.417. The minimum Gasteiger partial charge on any atom is -0.318 e. The topological polar surface area (TPSA) is 64.7 Å². The summed E-state index contributed by atoms with van der Waals surface area (Å²) in [4.78, 5) is 11.9. The monoisotopic (exact) mass is 301 g/mol. The molecule has 21 heavy (non-hydrogen) atoms. The zero-order valence-electron chi connectivity index (χ0n) is 11.3. The second-order valence-electron chi connectivity index (χ2n) is 4.46. The lowest BCUT2D eigenvalue weighted by Crippen LogP contribution is -2.18. The summed E-state index contributed by atoms with van der Waals surface area (Å²) in [5, 5.41) is 10.1. The largest absolute Gasteiger partial charge is 0.408 e. The van der Waals surface area contributed by atoms with Crippen molar-refractivity contribution in [3.8, 4) is 0 Å². The lowest BCUT2D eigenvalue weighted by Gasteiger charge is -2.05. The van der Waals surface area contributed by atoms with E-state index in [9.17, 15) is 18.0 Å². The third kappa shape index (κ3) is 4.33. The van der Waals surface area contributed by atoms with Gasteiger partial charge in [-0.3, -0.25) is 14.2 Å². The second kappa shape index (κ2) is 5.98. The van der Waals surface area contributed by atoms with Gasteiger partial charge in [0.15, 0.2) is 5.69 Å². The van der Waals surface area contributed by atoms with Crippen molar-refractivity contribution in [2.45, 2.75) is 32.6 Å². The van der Waals surface area contributed by atoms with E-state index in [2.05, 4.69) is 15.5 Å². The molecular weight excluding hydrogens is 287 g/mol. The van der Waals surface area contributed by atoms with Crippen LogP contribution < -0.4 is 5.32 Å². The summed E-state index contributed by atoms with van der Waals surface area (Å²) < 4.78 is 38.9. The Hall–Kier alpha value is -2.32. The molecule has 9 heteroatoms. The van der Waals surface area contributed by atoms with Crippen molar-refractivity contribution >= 4 is 11.6 Å². The number of nitrogens with one attached hydrogen (secondary N) is 1. The van der Waals surface area contributed by atoms with Gasteiger partial charge in [0, 0.05) is 18.9 Å². The van der Waals surface area contributed by atoms with Crippen LogP contribution in [0.2, 0.25) is 0 Å². The summed E-state index contributed by atoms with van der Waals surface area (Å²) >= 11 is 0. The lowest BCUT2D eigenvalue weighted by molar-refractivity contribution is -0.142. The first-order valence-electron chi connectivity index (χ1n) is 6.31. The van der Waals surface area contributed by atoms with Gasteiger partial charge in [-0.1, -0.05) is 6.92 Å². The maximum Gasteiger partial charge on any atom is 0.408 e. The number of halogens is 3. The number of aryl methyl sites for hydroxylation is 1. The van der Waals surface area contributed by atoms with Gasteiger partial charge in [0.2, 0.25) is 0 Å². The third-order valence-electron chi connectivity index (χ3n) is 2.56. The smallest absolute Gasteiger partial charge is 0.318 e. The molecule has 2 aromatic heterocycles. The van der Waals surface area contributed by atoms with Crippen LogP contribution in [0.5, 0.6) is 0 Å². The molecule has 6 nitrogen and oxygen atoms in total. The highest BCUT2D eigenvalue weighted by atomic mass is 19.4. The molecule has 2 rings (SSSR count). The van der Waals surface area contributed by atoms with Crippen molar-refractivity contribution in [2.24, 2.45) is 0 Å². The van der Waals surface area contributed by atoms with E-state index in [-0.39, 0.29) is 11.4 Å². The first-order valence-corrected chi connectivity index (χ1v) is 6.31. The highest BCUT2D eigenvalue weighted by Gasteiger charge is 2.28. The standard InChI is InChI=1S/C12H14F3N5O/c1-2-4-19-5-3-10(18-19)11(21)17-9-6-16-20(7-9)8-12(13,14)15/h3,5-7H,2,4,8H2,1H3,(H,17,21). The molecule has 0 fully saturated rings. The molecule has 0 saturated heterocycles. The van der Waals surface area contributed by atoms with Gasteiger partial charge in [-0.15, -0.1) is 0 Å². The van der Waals surface area contributed by atoms with Crippen LogP contribution in [0.3, 0.4) is 0 Å². The van der Waals surface area contributed by atoms with Crippen molar-refractivity contribution in [3.05, 3.63) is 30.4 Å². The SMILES string of the molecule is CCCn1ccc(C(=O)Nc2cnn(CC(F)(F)F)c2)n1. The van der Waals surface area contributed by atoms with E-state index in [0.29, 0.717) is 11.2 Å². The van der Waals surface area contributed by atoms with Crippen molar-refractivity contribution in [2.75, 3.05) is 5.32 Å². The molecule has 114 valence electrons. The molecule has 2 aromatic rings. The average molecular weight is 301 g/mol. The lowest BCUT2D eigenvalue weighted by atomic mass is 10.4. The Balaban J connectivity index is 1.99. The van der Waals surface area contributed by atoms with Crippen molar-refractivity contribution < 1.29 is 18.0 Å². The molecule has 0 saturated carbocycles. The number of rotatable bonds is 5. The zero-order chi connectivity index (χ0) is 15.5. The summed E-state index contributed by atoms with van der Waals surface area (Å²) in [5.41, 5.74) is 0.390. The van der Waals surface area contributed by atoms with E-state index in [1.807, 2.05) is 6.92 Å². The fourth-order valence-corrected chi connectivity index (χ4v) is 1.73. The average Bonchev–Trinajstić information content (AvgIpc) is 2.97. The Morgan fingerprint density at radius 1 is 1.38 bits per heavy atom. The van der Waals surface area contributed by atoms with Crippen LogP contribution in [0.4, 0.5) is 18.9 Å². The van der Waals surface area contributed by atoms with Crippen molar-refractivity contribution in [1.29, 1.82) is 0 Å². The number of hydrogen-bond acceptors (Lipinski definition) is 3. The minimum absolute atomic E-state index is 0.189. The second-order valence-corrected chi connectivity index (χ2v) is 4.46. The number of carbonyl (C=O) groups excluding carboxylic acids is 1. The number of anilines is 1. The predicted molar refractivity (Wildman–Crippen MR) is 68.8 cm³/mol. The molecule has 0 bridgehead atoms. The van der Waals surface area contributed by atoms with Crippen molar-refractivity contribution in [3.63, 3.8) is 0 Å². The van der Waals surface area contributed by atoms with Crippen LogP contribution >= 0.6 is 0 Å². The molecule has 0 aromatic carbocycles. The Labute approximate surface area is 118 Å². The van der Waals surface area contributed by atoms with Crippen LogP contribution in [-0.2, 0) is 13.1 Å². The minimum atomic E-state index is -4.35. The molecule has 2 heterocycles. The molecule has 0 aliphatic carbocycles. The van der Waals surface area contributed by atoms with Crippen LogP contribution in [0.15, 0.2) is 24.7 Å². The van der Waals surface area contributed by atoms with Gasteiger partial charge in [-0.25, -0.2) is 0 Å². The molecule has 0 atom stereocenters. The molecule has 0 unspecified atom stereocenters. The highest BCUT2D eigenvalue weighted by molar-refractivity contribution is 6.02. The quantitative estimate of drug-likeness (QED) is 0.921.